The lowest BCUT2D eigenvalue weighted by Crippen LogP contribution is -2.25. The fraction of sp³-hybridized carbons (Fsp3) is 0.840. The molecule has 0 aromatic carbocycles. The van der Waals surface area contributed by atoms with E-state index in [1.807, 2.05) is 23.9 Å². The first-order valence-electron chi connectivity index (χ1n) is 12.5. The Kier molecular flexibility index (Phi) is 16.6. The molecule has 29 heavy (non-hydrogen) atoms. The van der Waals surface area contributed by atoms with E-state index < -0.39 is 0 Å². The summed E-state index contributed by atoms with van der Waals surface area (Å²) < 4.78 is 1.84. The number of hydrogen-bond donors (Lipinski definition) is 1. The van der Waals surface area contributed by atoms with Crippen LogP contribution in [-0.4, -0.2) is 22.2 Å². The molecule has 1 amide bonds. The van der Waals surface area contributed by atoms with Gasteiger partial charge >= 0.3 is 0 Å². The largest absolute Gasteiger partial charge is 0.356 e. The molecule has 0 aliphatic rings. The Bertz CT molecular complexity index is 498. The van der Waals surface area contributed by atoms with Crippen LogP contribution in [0, 0.1) is 6.92 Å². The zero-order valence-electron chi connectivity index (χ0n) is 19.4. The monoisotopic (exact) mass is 405 g/mol. The molecule has 1 aromatic rings. The molecule has 0 spiro atoms. The molecule has 0 aliphatic carbocycles. The van der Waals surface area contributed by atoms with Gasteiger partial charge in [0.15, 0.2) is 0 Å². The Morgan fingerprint density at radius 3 is 1.76 bits per heavy atom. The van der Waals surface area contributed by atoms with Crippen molar-refractivity contribution < 1.29 is 4.79 Å². The van der Waals surface area contributed by atoms with E-state index in [1.54, 1.807) is 0 Å². The fourth-order valence-corrected chi connectivity index (χ4v) is 3.79. The standard InChI is InChI=1S/C25H47N3O/c1-3-4-5-6-7-8-9-10-11-12-13-14-15-16-17-18-21-26-25(29)20-23-28-22-19-24(2)27-28/h19,22H,3-18,20-21,23H2,1-2H3,(H,26,29). The van der Waals surface area contributed by atoms with E-state index in [2.05, 4.69) is 17.3 Å². The van der Waals surface area contributed by atoms with Crippen LogP contribution in [0.2, 0.25) is 0 Å². The number of unbranched alkanes of at least 4 members (excludes halogenated alkanes) is 15. The van der Waals surface area contributed by atoms with Crippen LogP contribution in [0.4, 0.5) is 0 Å². The normalized spacial score (nSPS) is 11.1. The lowest BCUT2D eigenvalue weighted by molar-refractivity contribution is -0.121. The van der Waals surface area contributed by atoms with Crippen molar-refractivity contribution in [2.45, 2.75) is 130 Å². The summed E-state index contributed by atoms with van der Waals surface area (Å²) in [5.41, 5.74) is 0.999. The predicted molar refractivity (Wildman–Crippen MR) is 124 cm³/mol. The van der Waals surface area contributed by atoms with Gasteiger partial charge in [-0.1, -0.05) is 103 Å². The second-order valence-electron chi connectivity index (χ2n) is 8.62. The number of amides is 1. The third kappa shape index (κ3) is 16.2. The van der Waals surface area contributed by atoms with E-state index in [4.69, 9.17) is 0 Å². The molecular formula is C25H47N3O. The van der Waals surface area contributed by atoms with Crippen LogP contribution in [0.15, 0.2) is 12.3 Å². The zero-order valence-corrected chi connectivity index (χ0v) is 19.4. The molecule has 0 aliphatic heterocycles. The van der Waals surface area contributed by atoms with Crippen molar-refractivity contribution in [1.29, 1.82) is 0 Å². The van der Waals surface area contributed by atoms with Crippen molar-refractivity contribution in [3.63, 3.8) is 0 Å². The third-order valence-electron chi connectivity index (χ3n) is 5.69. The molecule has 0 fully saturated rings. The number of rotatable bonds is 20. The van der Waals surface area contributed by atoms with E-state index in [9.17, 15) is 4.79 Å². The molecule has 0 atom stereocenters. The quantitative estimate of drug-likeness (QED) is 0.238. The number of carbonyl (C=O) groups is 1. The highest BCUT2D eigenvalue weighted by molar-refractivity contribution is 5.75. The van der Waals surface area contributed by atoms with Gasteiger partial charge in [-0.2, -0.15) is 5.10 Å². The average molecular weight is 406 g/mol. The van der Waals surface area contributed by atoms with E-state index in [0.717, 1.165) is 18.7 Å². The van der Waals surface area contributed by atoms with Gasteiger partial charge in [0.25, 0.3) is 0 Å². The number of aromatic nitrogens is 2. The molecule has 4 heteroatoms. The summed E-state index contributed by atoms with van der Waals surface area (Å²) in [5.74, 6) is 0.138. The smallest absolute Gasteiger partial charge is 0.221 e. The predicted octanol–water partition coefficient (Wildman–Crippen LogP) is 6.96. The number of nitrogens with zero attached hydrogens (tertiary/aromatic N) is 2. The minimum atomic E-state index is 0.138. The summed E-state index contributed by atoms with van der Waals surface area (Å²) in [6, 6.07) is 1.97. The number of carbonyl (C=O) groups excluding carboxylic acids is 1. The maximum atomic E-state index is 11.8. The lowest BCUT2D eigenvalue weighted by Gasteiger charge is -2.06. The summed E-state index contributed by atoms with van der Waals surface area (Å²) in [7, 11) is 0. The Balaban J connectivity index is 1.74. The summed E-state index contributed by atoms with van der Waals surface area (Å²) in [4.78, 5) is 11.8. The highest BCUT2D eigenvalue weighted by atomic mass is 16.1. The van der Waals surface area contributed by atoms with Crippen molar-refractivity contribution in [1.82, 2.24) is 15.1 Å². The maximum Gasteiger partial charge on any atom is 0.221 e. The third-order valence-corrected chi connectivity index (χ3v) is 5.69. The second-order valence-corrected chi connectivity index (χ2v) is 8.62. The topological polar surface area (TPSA) is 46.9 Å². The van der Waals surface area contributed by atoms with Gasteiger partial charge in [0.2, 0.25) is 5.91 Å². The zero-order chi connectivity index (χ0) is 21.0. The van der Waals surface area contributed by atoms with Crippen molar-refractivity contribution in [2.24, 2.45) is 0 Å². The van der Waals surface area contributed by atoms with Crippen molar-refractivity contribution in [2.75, 3.05) is 6.54 Å². The number of nitrogens with one attached hydrogen (secondary N) is 1. The van der Waals surface area contributed by atoms with Crippen LogP contribution < -0.4 is 5.32 Å². The van der Waals surface area contributed by atoms with Gasteiger partial charge in [-0.05, 0) is 19.4 Å². The molecule has 168 valence electrons. The van der Waals surface area contributed by atoms with Gasteiger partial charge in [-0.15, -0.1) is 0 Å². The van der Waals surface area contributed by atoms with E-state index in [-0.39, 0.29) is 5.91 Å². The van der Waals surface area contributed by atoms with E-state index >= 15 is 0 Å². The Hall–Kier alpha value is -1.32. The molecule has 0 unspecified atom stereocenters. The van der Waals surface area contributed by atoms with Gasteiger partial charge in [0.05, 0.1) is 5.69 Å². The molecular weight excluding hydrogens is 358 g/mol. The maximum absolute atomic E-state index is 11.8. The first-order valence-corrected chi connectivity index (χ1v) is 12.5. The van der Waals surface area contributed by atoms with E-state index in [0.29, 0.717) is 13.0 Å². The van der Waals surface area contributed by atoms with Gasteiger partial charge in [0, 0.05) is 25.7 Å². The van der Waals surface area contributed by atoms with Crippen LogP contribution in [0.25, 0.3) is 0 Å². The average Bonchev–Trinajstić information content (AvgIpc) is 3.14. The summed E-state index contributed by atoms with van der Waals surface area (Å²) >= 11 is 0. The van der Waals surface area contributed by atoms with Crippen molar-refractivity contribution in [3.8, 4) is 0 Å². The lowest BCUT2D eigenvalue weighted by atomic mass is 10.0. The minimum Gasteiger partial charge on any atom is -0.356 e. The SMILES string of the molecule is CCCCCCCCCCCCCCCCCCNC(=O)CCn1ccc(C)n1. The fourth-order valence-electron chi connectivity index (χ4n) is 3.79. The molecule has 1 aromatic heterocycles. The molecule has 1 heterocycles. The van der Waals surface area contributed by atoms with Crippen LogP contribution >= 0.6 is 0 Å². The van der Waals surface area contributed by atoms with Gasteiger partial charge in [-0.3, -0.25) is 9.48 Å². The Morgan fingerprint density at radius 1 is 0.828 bits per heavy atom. The number of hydrogen-bond acceptors (Lipinski definition) is 2. The Morgan fingerprint density at radius 2 is 1.31 bits per heavy atom. The molecule has 0 radical (unpaired) electrons. The molecule has 1 N–H and O–H groups in total. The van der Waals surface area contributed by atoms with Crippen LogP contribution in [-0.2, 0) is 11.3 Å². The summed E-state index contributed by atoms with van der Waals surface area (Å²) in [6.07, 6.45) is 24.5. The number of aryl methyl sites for hydroxylation is 2. The van der Waals surface area contributed by atoms with E-state index in [1.165, 1.54) is 96.3 Å². The first-order chi connectivity index (χ1) is 14.2. The molecule has 0 saturated heterocycles. The van der Waals surface area contributed by atoms with Gasteiger partial charge in [-0.25, -0.2) is 0 Å². The van der Waals surface area contributed by atoms with Crippen LogP contribution in [0.5, 0.6) is 0 Å². The highest BCUT2D eigenvalue weighted by Gasteiger charge is 2.02. The minimum absolute atomic E-state index is 0.138. The van der Waals surface area contributed by atoms with Crippen LogP contribution in [0.1, 0.15) is 122 Å². The molecule has 4 nitrogen and oxygen atoms in total. The molecule has 0 bridgehead atoms. The van der Waals surface area contributed by atoms with Gasteiger partial charge in [0.1, 0.15) is 0 Å². The second kappa shape index (κ2) is 18.7. The van der Waals surface area contributed by atoms with Crippen molar-refractivity contribution >= 4 is 5.91 Å². The molecule has 1 rings (SSSR count). The molecule has 0 saturated carbocycles. The summed E-state index contributed by atoms with van der Waals surface area (Å²) in [5, 5.41) is 7.33. The van der Waals surface area contributed by atoms with Crippen LogP contribution in [0.3, 0.4) is 0 Å². The highest BCUT2D eigenvalue weighted by Crippen LogP contribution is 2.13. The Labute approximate surface area is 180 Å². The van der Waals surface area contributed by atoms with Gasteiger partial charge < -0.3 is 5.32 Å². The first kappa shape index (κ1) is 25.7. The summed E-state index contributed by atoms with van der Waals surface area (Å²) in [6.45, 7) is 5.73. The van der Waals surface area contributed by atoms with Crippen molar-refractivity contribution in [3.05, 3.63) is 18.0 Å².